The smallest absolute Gasteiger partial charge is 0.326 e. The Hall–Kier alpha value is -10.2. The van der Waals surface area contributed by atoms with Gasteiger partial charge in [-0.1, -0.05) is 90.4 Å². The van der Waals surface area contributed by atoms with Crippen LogP contribution in [0, 0.1) is 17.8 Å². The molecule has 614 valence electrons. The Morgan fingerprint density at radius 2 is 0.873 bits per heavy atom. The number of carboxylic acid groups (broad SMARTS) is 1. The summed E-state index contributed by atoms with van der Waals surface area (Å²) in [4.78, 5) is 207. The van der Waals surface area contributed by atoms with Gasteiger partial charge in [0.2, 0.25) is 82.7 Å². The third-order valence-corrected chi connectivity index (χ3v) is 17.7. The molecule has 2 rings (SSSR count). The van der Waals surface area contributed by atoms with Gasteiger partial charge in [-0.25, -0.2) is 4.79 Å². The molecule has 38 nitrogen and oxygen atoms in total. The molecule has 0 saturated heterocycles. The number of aliphatic carboxylic acids is 1. The molecule has 0 heterocycles. The van der Waals surface area contributed by atoms with E-state index in [0.29, 0.717) is 36.9 Å². The van der Waals surface area contributed by atoms with Crippen LogP contribution in [0.4, 0.5) is 0 Å². The topological polar surface area (TPSA) is 622 Å². The van der Waals surface area contributed by atoms with E-state index in [9.17, 15) is 92.3 Å². The lowest BCUT2D eigenvalue weighted by atomic mass is 9.98. The summed E-state index contributed by atoms with van der Waals surface area (Å²) >= 11 is 4.19. The molecule has 0 aliphatic rings. The highest BCUT2D eigenvalue weighted by Gasteiger charge is 2.38. The van der Waals surface area contributed by atoms with Gasteiger partial charge in [-0.2, -0.15) is 12.6 Å². The predicted octanol–water partition coefficient (Wildman–Crippen LogP) is -5.68. The zero-order valence-corrected chi connectivity index (χ0v) is 65.0. The zero-order valence-electron chi connectivity index (χ0n) is 64.1. The fourth-order valence-electron chi connectivity index (χ4n) is 10.5. The molecule has 0 aliphatic heterocycles. The molecule has 0 spiro atoms. The van der Waals surface area contributed by atoms with Gasteiger partial charge in [0.25, 0.3) is 0 Å². The second-order valence-electron chi connectivity index (χ2n) is 27.7. The summed E-state index contributed by atoms with van der Waals surface area (Å²) in [6.45, 7) is 15.2. The number of carboxylic acids is 1. The second-order valence-corrected chi connectivity index (χ2v) is 28.0. The molecule has 0 aliphatic carbocycles. The number of rotatable bonds is 49. The van der Waals surface area contributed by atoms with Crippen molar-refractivity contribution < 1.29 is 92.3 Å². The number of carbonyl (C=O) groups excluding carboxylic acids is 14. The lowest BCUT2D eigenvalue weighted by Crippen LogP contribution is -2.63. The first-order valence-corrected chi connectivity index (χ1v) is 37.0. The van der Waals surface area contributed by atoms with E-state index < -0.39 is 198 Å². The Bertz CT molecular complexity index is 3440. The highest BCUT2D eigenvalue weighted by molar-refractivity contribution is 7.80. The Labute approximate surface area is 645 Å². The largest absolute Gasteiger partial charge is 0.508 e. The van der Waals surface area contributed by atoms with Crippen LogP contribution in [0.1, 0.15) is 132 Å². The molecule has 0 fully saturated rings. The SMILES string of the molecule is CC[C@H](C)[C@H](NC(=O)CNC(=O)[C@H](CC(C)C)NC(=O)[C@H](C)NC(=O)[C@H](C)NC(=O)[C@@H](NC(=O)[C@@H](NC(=O)[C@H](Cc1ccccc1)NC(=O)[C@H](CS)NC(=O)[C@@H](N)C(C)C)[C@@H](C)O)[C@@H](C)O)C(=O)N[C@@H](C)C(=O)N[C@@H](Cc1ccc(O)cc1)C(=O)NCC(=O)N[C@@H](CCCN=C(N)N)C(=O)N[C@@H](CCCCN)C(=O)O. The van der Waals surface area contributed by atoms with Crippen molar-refractivity contribution in [3.8, 4) is 5.75 Å². The molecule has 110 heavy (non-hydrogen) atoms. The standard InChI is InChI=1S/C71H115N19O19S/c1-12-37(6)55(67(105)80-40(9)60(98)85-49(31-44-23-25-45(93)26-24-44)62(100)77-32-52(94)82-46(22-18-28-76-71(74)75)63(101)83-47(70(108)109)21-16-17-27-72)88-53(95)33-78-61(99)48(29-35(2)3)84-59(97)39(8)79-58(96)38(7)81-68(106)56(41(10)91)90-69(107)57(42(11)92)89-64(102)50(30-43-19-14-13-15-20-43)86-65(103)51(34-110)87-66(104)54(73)36(4)5/h13-15,19-20,23-26,35-42,46-51,54-57,91-93,110H,12,16-18,21-22,27-34,72-73H2,1-11H3,(H,77,100)(H,78,99)(H,79,96)(H,80,105)(H,81,106)(H,82,94)(H,83,101)(H,84,97)(H,85,98)(H,86,103)(H,87,104)(H,88,95)(H,89,102)(H,90,107)(H,108,109)(H4,74,75,76)/t37-,38-,39-,40-,41+,42+,46-,47-,48-,49-,50-,51-,54-,55-,56-,57-/m0/s1. The molecule has 0 unspecified atom stereocenters. The molecule has 26 N–H and O–H groups in total. The summed E-state index contributed by atoms with van der Waals surface area (Å²) in [5.74, 6) is -15.6. The first-order chi connectivity index (χ1) is 51.6. The number of carbonyl (C=O) groups is 15. The third-order valence-electron chi connectivity index (χ3n) is 17.3. The van der Waals surface area contributed by atoms with Gasteiger partial charge in [0.05, 0.1) is 31.3 Å². The van der Waals surface area contributed by atoms with E-state index >= 15 is 0 Å². The summed E-state index contributed by atoms with van der Waals surface area (Å²) in [5.41, 5.74) is 23.4. The van der Waals surface area contributed by atoms with Crippen LogP contribution in [0.3, 0.4) is 0 Å². The Kier molecular flexibility index (Phi) is 42.7. The van der Waals surface area contributed by atoms with Crippen LogP contribution in [0.2, 0.25) is 0 Å². The van der Waals surface area contributed by atoms with Gasteiger partial charge in [0, 0.05) is 25.1 Å². The van der Waals surface area contributed by atoms with Crippen molar-refractivity contribution in [1.29, 1.82) is 0 Å². The minimum atomic E-state index is -1.83. The number of amides is 14. The highest BCUT2D eigenvalue weighted by atomic mass is 32.1. The molecular weight excluding hydrogens is 1450 g/mol. The van der Waals surface area contributed by atoms with Gasteiger partial charge in [0.1, 0.15) is 78.3 Å². The van der Waals surface area contributed by atoms with Gasteiger partial charge < -0.3 is 118 Å². The summed E-state index contributed by atoms with van der Waals surface area (Å²) < 4.78 is 0. The number of phenolic OH excluding ortho intramolecular Hbond substituents is 1. The number of nitrogens with zero attached hydrogens (tertiary/aromatic N) is 1. The number of guanidine groups is 1. The summed E-state index contributed by atoms with van der Waals surface area (Å²) in [5, 5.41) is 75.7. The average molecular weight is 1570 g/mol. The highest BCUT2D eigenvalue weighted by Crippen LogP contribution is 2.15. The average Bonchev–Trinajstić information content (AvgIpc) is 0.847. The quantitative estimate of drug-likeness (QED) is 0.0127. The number of hydrogen-bond donors (Lipinski definition) is 23. The normalized spacial score (nSPS) is 15.5. The van der Waals surface area contributed by atoms with Crippen LogP contribution >= 0.6 is 12.6 Å². The molecule has 0 aromatic heterocycles. The summed E-state index contributed by atoms with van der Waals surface area (Å²) in [6, 6.07) is -4.22. The minimum Gasteiger partial charge on any atom is -0.508 e. The first-order valence-electron chi connectivity index (χ1n) is 36.4. The predicted molar refractivity (Wildman–Crippen MR) is 408 cm³/mol. The third kappa shape index (κ3) is 35.0. The fourth-order valence-corrected chi connectivity index (χ4v) is 10.7. The van der Waals surface area contributed by atoms with E-state index in [1.807, 2.05) is 0 Å². The van der Waals surface area contributed by atoms with Crippen LogP contribution in [-0.2, 0) is 84.8 Å². The molecule has 14 amide bonds. The van der Waals surface area contributed by atoms with E-state index in [-0.39, 0.29) is 74.4 Å². The lowest BCUT2D eigenvalue weighted by Gasteiger charge is -2.29. The van der Waals surface area contributed by atoms with Gasteiger partial charge >= 0.3 is 5.97 Å². The number of aliphatic hydroxyl groups excluding tert-OH is 2. The number of phenols is 1. The number of hydrogen-bond acceptors (Lipinski definition) is 22. The van der Waals surface area contributed by atoms with E-state index in [1.165, 1.54) is 45.0 Å². The van der Waals surface area contributed by atoms with Gasteiger partial charge in [-0.05, 0) is 121 Å². The monoisotopic (exact) mass is 1570 g/mol. The van der Waals surface area contributed by atoms with Gasteiger partial charge in [-0.3, -0.25) is 72.1 Å². The lowest BCUT2D eigenvalue weighted by molar-refractivity contribution is -0.142. The van der Waals surface area contributed by atoms with Crippen molar-refractivity contribution in [3.05, 3.63) is 65.7 Å². The summed E-state index contributed by atoms with van der Waals surface area (Å²) in [7, 11) is 0. The zero-order chi connectivity index (χ0) is 83.2. The maximum atomic E-state index is 14.0. The molecule has 2 aromatic rings. The number of thiol groups is 1. The number of aromatic hydroxyl groups is 1. The Balaban J connectivity index is 2.17. The van der Waals surface area contributed by atoms with Crippen LogP contribution in [0.5, 0.6) is 5.75 Å². The number of aliphatic hydroxyl groups is 2. The Morgan fingerprint density at radius 1 is 0.455 bits per heavy atom. The molecule has 2 aromatic carbocycles. The van der Waals surface area contributed by atoms with Crippen LogP contribution in [-0.4, -0.2) is 238 Å². The summed E-state index contributed by atoms with van der Waals surface area (Å²) in [6.07, 6.45) is -2.31. The molecular formula is C71H115N19O19S. The first kappa shape index (κ1) is 95.8. The molecule has 0 bridgehead atoms. The molecule has 0 saturated carbocycles. The minimum absolute atomic E-state index is 0.0129. The number of benzene rings is 2. The van der Waals surface area contributed by atoms with Crippen molar-refractivity contribution in [2.45, 2.75) is 225 Å². The van der Waals surface area contributed by atoms with E-state index in [4.69, 9.17) is 22.9 Å². The molecule has 16 atom stereocenters. The number of nitrogens with one attached hydrogen (secondary N) is 14. The van der Waals surface area contributed by atoms with E-state index in [2.05, 4.69) is 92.1 Å². The number of unbranched alkanes of at least 4 members (excludes halogenated alkanes) is 1. The number of aliphatic imine (C=N–C) groups is 1. The van der Waals surface area contributed by atoms with Crippen LogP contribution < -0.4 is 97.4 Å². The molecule has 0 radical (unpaired) electrons. The van der Waals surface area contributed by atoms with Crippen LogP contribution in [0.15, 0.2) is 59.6 Å². The van der Waals surface area contributed by atoms with Crippen molar-refractivity contribution in [2.75, 3.05) is 31.9 Å². The Morgan fingerprint density at radius 3 is 1.36 bits per heavy atom. The van der Waals surface area contributed by atoms with E-state index in [0.717, 1.165) is 13.8 Å². The second kappa shape index (κ2) is 49.0. The van der Waals surface area contributed by atoms with Crippen molar-refractivity contribution in [3.63, 3.8) is 0 Å². The van der Waals surface area contributed by atoms with Crippen molar-refractivity contribution in [1.82, 2.24) is 74.4 Å². The van der Waals surface area contributed by atoms with Gasteiger partial charge in [0.15, 0.2) is 5.96 Å². The van der Waals surface area contributed by atoms with Crippen molar-refractivity contribution in [2.24, 2.45) is 45.7 Å². The maximum absolute atomic E-state index is 14.0. The van der Waals surface area contributed by atoms with Crippen molar-refractivity contribution >= 4 is 107 Å². The number of nitrogens with two attached hydrogens (primary N) is 4. The fraction of sp³-hybridized carbons (Fsp3) is 0.606. The van der Waals surface area contributed by atoms with Crippen LogP contribution in [0.25, 0.3) is 0 Å². The maximum Gasteiger partial charge on any atom is 0.326 e. The van der Waals surface area contributed by atoms with Gasteiger partial charge in [-0.15, -0.1) is 0 Å². The van der Waals surface area contributed by atoms with E-state index in [1.54, 1.807) is 71.9 Å². The molecule has 39 heteroatoms.